The predicted molar refractivity (Wildman–Crippen MR) is 68.8 cm³/mol. The minimum Gasteiger partial charge on any atom is -0.387 e. The Balaban J connectivity index is 2.05. The molecule has 1 atom stereocenters. The van der Waals surface area contributed by atoms with Crippen molar-refractivity contribution in [1.29, 1.82) is 5.26 Å². The zero-order chi connectivity index (χ0) is 13.7. The third kappa shape index (κ3) is 3.27. The highest BCUT2D eigenvalue weighted by atomic mass is 19.1. The van der Waals surface area contributed by atoms with E-state index in [0.29, 0.717) is 16.9 Å². The molecule has 0 aliphatic carbocycles. The summed E-state index contributed by atoms with van der Waals surface area (Å²) in [5, 5.41) is 21.7. The van der Waals surface area contributed by atoms with Crippen LogP contribution in [-0.2, 0) is 0 Å². The summed E-state index contributed by atoms with van der Waals surface area (Å²) in [6.07, 6.45) is 0.682. The smallest absolute Gasteiger partial charge is 0.143 e. The molecule has 0 spiro atoms. The SMILES string of the molecule is N#Cc1cccnc1NCC(O)c1cccc(F)c1. The van der Waals surface area contributed by atoms with Gasteiger partial charge in [0.25, 0.3) is 0 Å². The zero-order valence-corrected chi connectivity index (χ0v) is 10.0. The number of benzene rings is 1. The predicted octanol–water partition coefficient (Wildman–Crippen LogP) is 2.24. The normalized spacial score (nSPS) is 11.6. The van der Waals surface area contributed by atoms with E-state index >= 15 is 0 Å². The number of hydrogen-bond donors (Lipinski definition) is 2. The van der Waals surface area contributed by atoms with Crippen molar-refractivity contribution in [2.45, 2.75) is 6.10 Å². The fourth-order valence-corrected chi connectivity index (χ4v) is 1.66. The summed E-state index contributed by atoms with van der Waals surface area (Å²) in [6, 6.07) is 11.1. The molecule has 0 aliphatic heterocycles. The van der Waals surface area contributed by atoms with Gasteiger partial charge in [0.2, 0.25) is 0 Å². The maximum absolute atomic E-state index is 13.0. The minimum absolute atomic E-state index is 0.148. The van der Waals surface area contributed by atoms with Gasteiger partial charge in [-0.25, -0.2) is 9.37 Å². The van der Waals surface area contributed by atoms with E-state index in [1.807, 2.05) is 6.07 Å². The van der Waals surface area contributed by atoms with Crippen LogP contribution in [-0.4, -0.2) is 16.6 Å². The third-order valence-corrected chi connectivity index (χ3v) is 2.62. The van der Waals surface area contributed by atoms with Gasteiger partial charge in [0.1, 0.15) is 17.7 Å². The maximum Gasteiger partial charge on any atom is 0.143 e. The van der Waals surface area contributed by atoms with Gasteiger partial charge in [0.05, 0.1) is 11.7 Å². The number of aliphatic hydroxyl groups excluding tert-OH is 1. The zero-order valence-electron chi connectivity index (χ0n) is 10.0. The molecule has 0 radical (unpaired) electrons. The quantitative estimate of drug-likeness (QED) is 0.881. The van der Waals surface area contributed by atoms with E-state index in [-0.39, 0.29) is 6.54 Å². The highest BCUT2D eigenvalue weighted by Gasteiger charge is 2.09. The molecule has 1 aromatic heterocycles. The van der Waals surface area contributed by atoms with E-state index < -0.39 is 11.9 Å². The van der Waals surface area contributed by atoms with E-state index in [4.69, 9.17) is 5.26 Å². The van der Waals surface area contributed by atoms with E-state index in [1.165, 1.54) is 18.2 Å². The van der Waals surface area contributed by atoms with E-state index in [9.17, 15) is 9.50 Å². The fraction of sp³-hybridized carbons (Fsp3) is 0.143. The molecule has 0 saturated heterocycles. The van der Waals surface area contributed by atoms with Gasteiger partial charge in [-0.05, 0) is 29.8 Å². The molecule has 0 amide bonds. The van der Waals surface area contributed by atoms with Crippen LogP contribution in [0.1, 0.15) is 17.2 Å². The molecule has 5 heteroatoms. The highest BCUT2D eigenvalue weighted by Crippen LogP contribution is 2.16. The first kappa shape index (κ1) is 13.0. The van der Waals surface area contributed by atoms with Crippen molar-refractivity contribution >= 4 is 5.82 Å². The van der Waals surface area contributed by atoms with Crippen LogP contribution < -0.4 is 5.32 Å². The molecule has 1 heterocycles. The molecule has 1 aromatic carbocycles. The van der Waals surface area contributed by atoms with Crippen LogP contribution in [0.5, 0.6) is 0 Å². The summed E-state index contributed by atoms with van der Waals surface area (Å²) in [5.74, 6) is 0.00699. The molecule has 2 rings (SSSR count). The summed E-state index contributed by atoms with van der Waals surface area (Å²) in [4.78, 5) is 4.01. The number of nitrogens with zero attached hydrogens (tertiary/aromatic N) is 2. The number of aromatic nitrogens is 1. The molecular formula is C14H12FN3O. The molecule has 19 heavy (non-hydrogen) atoms. The van der Waals surface area contributed by atoms with Gasteiger partial charge >= 0.3 is 0 Å². The van der Waals surface area contributed by atoms with Crippen LogP contribution in [0.3, 0.4) is 0 Å². The van der Waals surface area contributed by atoms with Crippen LogP contribution >= 0.6 is 0 Å². The summed E-state index contributed by atoms with van der Waals surface area (Å²) in [6.45, 7) is 0.148. The van der Waals surface area contributed by atoms with Gasteiger partial charge in [-0.1, -0.05) is 12.1 Å². The van der Waals surface area contributed by atoms with Gasteiger partial charge in [0.15, 0.2) is 0 Å². The molecule has 96 valence electrons. The first-order chi connectivity index (χ1) is 9.20. The summed E-state index contributed by atoms with van der Waals surface area (Å²) in [5.41, 5.74) is 0.871. The number of aliphatic hydroxyl groups is 1. The monoisotopic (exact) mass is 257 g/mol. The van der Waals surface area contributed by atoms with E-state index in [2.05, 4.69) is 10.3 Å². The Bertz CT molecular complexity index is 610. The van der Waals surface area contributed by atoms with Crippen LogP contribution in [0.25, 0.3) is 0 Å². The Labute approximate surface area is 110 Å². The number of anilines is 1. The summed E-state index contributed by atoms with van der Waals surface area (Å²) in [7, 11) is 0. The summed E-state index contributed by atoms with van der Waals surface area (Å²) >= 11 is 0. The van der Waals surface area contributed by atoms with Gasteiger partial charge in [-0.15, -0.1) is 0 Å². The Morgan fingerprint density at radius 1 is 1.37 bits per heavy atom. The fourth-order valence-electron chi connectivity index (χ4n) is 1.66. The van der Waals surface area contributed by atoms with Gasteiger partial charge in [-0.2, -0.15) is 5.26 Å². The van der Waals surface area contributed by atoms with Crippen molar-refractivity contribution in [2.24, 2.45) is 0 Å². The second-order valence-corrected chi connectivity index (χ2v) is 3.96. The van der Waals surface area contributed by atoms with Crippen molar-refractivity contribution in [2.75, 3.05) is 11.9 Å². The number of halogens is 1. The first-order valence-corrected chi connectivity index (χ1v) is 5.73. The van der Waals surface area contributed by atoms with Crippen LogP contribution in [0, 0.1) is 17.1 Å². The van der Waals surface area contributed by atoms with Gasteiger partial charge in [0, 0.05) is 12.7 Å². The lowest BCUT2D eigenvalue weighted by atomic mass is 10.1. The second-order valence-electron chi connectivity index (χ2n) is 3.96. The maximum atomic E-state index is 13.0. The van der Waals surface area contributed by atoms with Gasteiger partial charge in [-0.3, -0.25) is 0 Å². The van der Waals surface area contributed by atoms with Crippen LogP contribution in [0.15, 0.2) is 42.6 Å². The van der Waals surface area contributed by atoms with Crippen LogP contribution in [0.2, 0.25) is 0 Å². The molecule has 4 nitrogen and oxygen atoms in total. The minimum atomic E-state index is -0.871. The first-order valence-electron chi connectivity index (χ1n) is 5.73. The van der Waals surface area contributed by atoms with Gasteiger partial charge < -0.3 is 10.4 Å². The number of rotatable bonds is 4. The largest absolute Gasteiger partial charge is 0.387 e. The lowest BCUT2D eigenvalue weighted by molar-refractivity contribution is 0.191. The molecule has 0 bridgehead atoms. The second kappa shape index (κ2) is 5.94. The van der Waals surface area contributed by atoms with Crippen molar-refractivity contribution < 1.29 is 9.50 Å². The average molecular weight is 257 g/mol. The topological polar surface area (TPSA) is 68.9 Å². The molecule has 0 saturated carbocycles. The molecule has 0 fully saturated rings. The van der Waals surface area contributed by atoms with Crippen molar-refractivity contribution in [1.82, 2.24) is 4.98 Å². The Morgan fingerprint density at radius 3 is 2.95 bits per heavy atom. The average Bonchev–Trinajstić information content (AvgIpc) is 2.45. The number of nitrogens with one attached hydrogen (secondary N) is 1. The van der Waals surface area contributed by atoms with Crippen molar-refractivity contribution in [3.05, 3.63) is 59.5 Å². The Hall–Kier alpha value is -2.45. The molecular weight excluding hydrogens is 245 g/mol. The van der Waals surface area contributed by atoms with E-state index in [0.717, 1.165) is 0 Å². The lowest BCUT2D eigenvalue weighted by Crippen LogP contribution is -2.13. The lowest BCUT2D eigenvalue weighted by Gasteiger charge is -2.13. The van der Waals surface area contributed by atoms with E-state index in [1.54, 1.807) is 24.4 Å². The number of pyridine rings is 1. The summed E-state index contributed by atoms with van der Waals surface area (Å²) < 4.78 is 13.0. The Morgan fingerprint density at radius 2 is 2.21 bits per heavy atom. The standard InChI is InChI=1S/C14H12FN3O/c15-12-5-1-3-10(7-12)13(19)9-18-14-11(8-16)4-2-6-17-14/h1-7,13,19H,9H2,(H,17,18). The van der Waals surface area contributed by atoms with Crippen LogP contribution in [0.4, 0.5) is 10.2 Å². The highest BCUT2D eigenvalue weighted by molar-refractivity contribution is 5.51. The third-order valence-electron chi connectivity index (χ3n) is 2.62. The molecule has 2 N–H and O–H groups in total. The molecule has 2 aromatic rings. The molecule has 0 aliphatic rings. The van der Waals surface area contributed by atoms with Crippen molar-refractivity contribution in [3.8, 4) is 6.07 Å². The van der Waals surface area contributed by atoms with Crippen molar-refractivity contribution in [3.63, 3.8) is 0 Å². The number of hydrogen-bond acceptors (Lipinski definition) is 4. The molecule has 1 unspecified atom stereocenters. The number of nitriles is 1. The Kier molecular flexibility index (Phi) is 4.06.